The molecule has 0 aliphatic heterocycles. The topological polar surface area (TPSA) is 75.3 Å². The highest BCUT2D eigenvalue weighted by molar-refractivity contribution is 5.86. The second-order valence-electron chi connectivity index (χ2n) is 1.84. The second kappa shape index (κ2) is 4.96. The van der Waals surface area contributed by atoms with Crippen LogP contribution in [0.2, 0.25) is 0 Å². The number of carbonyl (C=O) groups is 1. The van der Waals surface area contributed by atoms with Crippen molar-refractivity contribution in [3.63, 3.8) is 0 Å². The summed E-state index contributed by atoms with van der Waals surface area (Å²) in [6.07, 6.45) is 0.479. The van der Waals surface area contributed by atoms with Crippen molar-refractivity contribution < 1.29 is 9.90 Å². The van der Waals surface area contributed by atoms with E-state index in [2.05, 4.69) is 11.9 Å². The number of amides is 1. The van der Waals surface area contributed by atoms with Crippen molar-refractivity contribution >= 4 is 5.91 Å². The van der Waals surface area contributed by atoms with Crippen molar-refractivity contribution in [2.45, 2.75) is 6.10 Å². The Balaban J connectivity index is 3.34. The summed E-state index contributed by atoms with van der Waals surface area (Å²) < 4.78 is 0. The van der Waals surface area contributed by atoms with Crippen LogP contribution >= 0.6 is 0 Å². The average Bonchev–Trinajstić information content (AvgIpc) is 1.99. The first-order chi connectivity index (χ1) is 4.70. The molecule has 0 saturated carbocycles. The van der Waals surface area contributed by atoms with Gasteiger partial charge in [-0.15, -0.1) is 0 Å². The molecule has 0 fully saturated rings. The highest BCUT2D eigenvalue weighted by atomic mass is 16.3. The minimum absolute atomic E-state index is 0.150. The smallest absolute Gasteiger partial charge is 0.243 e. The molecule has 0 aliphatic carbocycles. The molecule has 0 saturated heterocycles. The van der Waals surface area contributed by atoms with Crippen LogP contribution in [-0.4, -0.2) is 30.2 Å². The van der Waals surface area contributed by atoms with Crippen LogP contribution in [0.3, 0.4) is 0 Å². The third kappa shape index (κ3) is 4.05. The maximum atomic E-state index is 10.5. The molecular weight excluding hydrogens is 132 g/mol. The van der Waals surface area contributed by atoms with Gasteiger partial charge in [0.1, 0.15) is 0 Å². The number of nitrogens with one attached hydrogen (secondary N) is 1. The fraction of sp³-hybridized carbons (Fsp3) is 0.500. The van der Waals surface area contributed by atoms with Crippen LogP contribution in [0.1, 0.15) is 0 Å². The van der Waals surface area contributed by atoms with E-state index in [1.165, 1.54) is 0 Å². The van der Waals surface area contributed by atoms with Crippen LogP contribution in [0.4, 0.5) is 0 Å². The molecule has 10 heavy (non-hydrogen) atoms. The van der Waals surface area contributed by atoms with Crippen molar-refractivity contribution in [3.05, 3.63) is 12.7 Å². The Morgan fingerprint density at radius 3 is 2.90 bits per heavy atom. The third-order valence-corrected chi connectivity index (χ3v) is 0.969. The van der Waals surface area contributed by atoms with Crippen LogP contribution < -0.4 is 11.1 Å². The van der Waals surface area contributed by atoms with Crippen LogP contribution in [0.25, 0.3) is 0 Å². The molecule has 0 aromatic rings. The fourth-order valence-electron chi connectivity index (χ4n) is 0.374. The van der Waals surface area contributed by atoms with Gasteiger partial charge in [-0.2, -0.15) is 0 Å². The van der Waals surface area contributed by atoms with Gasteiger partial charge in [0.25, 0.3) is 0 Å². The molecule has 4 N–H and O–H groups in total. The largest absolute Gasteiger partial charge is 0.390 e. The Labute approximate surface area is 59.7 Å². The number of rotatable bonds is 4. The van der Waals surface area contributed by atoms with Gasteiger partial charge in [-0.05, 0) is 6.08 Å². The fourth-order valence-corrected chi connectivity index (χ4v) is 0.374. The lowest BCUT2D eigenvalue weighted by molar-refractivity contribution is -0.116. The monoisotopic (exact) mass is 144 g/mol. The summed E-state index contributed by atoms with van der Waals surface area (Å²) in [5.41, 5.74) is 5.07. The summed E-state index contributed by atoms with van der Waals surface area (Å²) in [6, 6.07) is 0. The number of aliphatic hydroxyl groups excluding tert-OH is 1. The van der Waals surface area contributed by atoms with Crippen LogP contribution in [0.5, 0.6) is 0 Å². The molecule has 4 heteroatoms. The quantitative estimate of drug-likeness (QED) is 0.425. The molecule has 0 rings (SSSR count). The lowest BCUT2D eigenvalue weighted by Gasteiger charge is -2.06. The molecule has 0 bridgehead atoms. The molecule has 0 aliphatic rings. The van der Waals surface area contributed by atoms with E-state index in [9.17, 15) is 4.79 Å². The van der Waals surface area contributed by atoms with Crippen LogP contribution in [-0.2, 0) is 4.79 Å². The van der Waals surface area contributed by atoms with Crippen LogP contribution in [0, 0.1) is 0 Å². The van der Waals surface area contributed by atoms with Gasteiger partial charge in [-0.1, -0.05) is 6.58 Å². The van der Waals surface area contributed by atoms with E-state index in [1.54, 1.807) is 0 Å². The number of aliphatic hydroxyl groups is 1. The van der Waals surface area contributed by atoms with E-state index in [0.717, 1.165) is 6.08 Å². The van der Waals surface area contributed by atoms with Crippen molar-refractivity contribution in [1.29, 1.82) is 0 Å². The number of hydrogen-bond donors (Lipinski definition) is 3. The Kier molecular flexibility index (Phi) is 4.53. The van der Waals surface area contributed by atoms with Crippen molar-refractivity contribution in [2.75, 3.05) is 13.1 Å². The summed E-state index contributed by atoms with van der Waals surface area (Å²) in [5, 5.41) is 11.2. The molecule has 1 atom stereocenters. The molecule has 58 valence electrons. The van der Waals surface area contributed by atoms with E-state index >= 15 is 0 Å². The van der Waals surface area contributed by atoms with E-state index < -0.39 is 6.10 Å². The van der Waals surface area contributed by atoms with E-state index in [0.29, 0.717) is 0 Å². The summed E-state index contributed by atoms with van der Waals surface area (Å²) >= 11 is 0. The van der Waals surface area contributed by atoms with E-state index in [1.807, 2.05) is 0 Å². The maximum absolute atomic E-state index is 10.5. The predicted octanol–water partition coefficient (Wildman–Crippen LogP) is -1.39. The van der Waals surface area contributed by atoms with Gasteiger partial charge in [-0.3, -0.25) is 4.79 Å². The zero-order valence-electron chi connectivity index (χ0n) is 5.71. The summed E-state index contributed by atoms with van der Waals surface area (Å²) in [6.45, 7) is 3.57. The highest BCUT2D eigenvalue weighted by Gasteiger charge is 2.00. The van der Waals surface area contributed by atoms with E-state index in [-0.39, 0.29) is 19.0 Å². The predicted molar refractivity (Wildman–Crippen MR) is 38.3 cm³/mol. The van der Waals surface area contributed by atoms with Crippen molar-refractivity contribution in [3.8, 4) is 0 Å². The SMILES string of the molecule is C=CC(=O)NCC(O)CN. The van der Waals surface area contributed by atoms with Gasteiger partial charge in [-0.25, -0.2) is 0 Å². The standard InChI is InChI=1S/C6H12N2O2/c1-2-6(10)8-4-5(9)3-7/h2,5,9H,1,3-4,7H2,(H,8,10). The van der Waals surface area contributed by atoms with E-state index in [4.69, 9.17) is 10.8 Å². The Morgan fingerprint density at radius 2 is 2.50 bits per heavy atom. The van der Waals surface area contributed by atoms with Gasteiger partial charge >= 0.3 is 0 Å². The minimum Gasteiger partial charge on any atom is -0.390 e. The Hall–Kier alpha value is -0.870. The summed E-state index contributed by atoms with van der Waals surface area (Å²) in [5.74, 6) is -0.299. The lowest BCUT2D eigenvalue weighted by Crippen LogP contribution is -2.35. The molecule has 4 nitrogen and oxygen atoms in total. The first-order valence-electron chi connectivity index (χ1n) is 2.99. The number of carbonyl (C=O) groups excluding carboxylic acids is 1. The van der Waals surface area contributed by atoms with Gasteiger partial charge in [0.15, 0.2) is 0 Å². The zero-order valence-corrected chi connectivity index (χ0v) is 5.71. The Bertz CT molecular complexity index is 125. The molecule has 1 amide bonds. The maximum Gasteiger partial charge on any atom is 0.243 e. The first-order valence-corrected chi connectivity index (χ1v) is 2.99. The van der Waals surface area contributed by atoms with Gasteiger partial charge in [0.05, 0.1) is 6.10 Å². The first kappa shape index (κ1) is 9.13. The normalized spacial score (nSPS) is 12.2. The second-order valence-corrected chi connectivity index (χ2v) is 1.84. The van der Waals surface area contributed by atoms with Gasteiger partial charge < -0.3 is 16.2 Å². The number of hydrogen-bond acceptors (Lipinski definition) is 3. The zero-order chi connectivity index (χ0) is 7.98. The van der Waals surface area contributed by atoms with Gasteiger partial charge in [0.2, 0.25) is 5.91 Å². The molecule has 0 spiro atoms. The average molecular weight is 144 g/mol. The number of nitrogens with two attached hydrogens (primary N) is 1. The van der Waals surface area contributed by atoms with Gasteiger partial charge in [0, 0.05) is 13.1 Å². The minimum atomic E-state index is -0.663. The molecule has 0 radical (unpaired) electrons. The van der Waals surface area contributed by atoms with Crippen molar-refractivity contribution in [2.24, 2.45) is 5.73 Å². The summed E-state index contributed by atoms with van der Waals surface area (Å²) in [4.78, 5) is 10.5. The molecule has 0 heterocycles. The molecule has 0 aromatic carbocycles. The lowest BCUT2D eigenvalue weighted by atomic mass is 10.3. The molecule has 1 unspecified atom stereocenters. The molecule has 0 aromatic heterocycles. The highest BCUT2D eigenvalue weighted by Crippen LogP contribution is 1.74. The Morgan fingerprint density at radius 1 is 1.90 bits per heavy atom. The third-order valence-electron chi connectivity index (χ3n) is 0.969. The molecular formula is C6H12N2O2. The van der Waals surface area contributed by atoms with Crippen LogP contribution in [0.15, 0.2) is 12.7 Å². The van der Waals surface area contributed by atoms with Crippen molar-refractivity contribution in [1.82, 2.24) is 5.32 Å². The summed E-state index contributed by atoms with van der Waals surface area (Å²) in [7, 11) is 0.